The molecule has 0 aliphatic carbocycles. The lowest BCUT2D eigenvalue weighted by molar-refractivity contribution is -0.384. The van der Waals surface area contributed by atoms with E-state index in [-0.39, 0.29) is 28.0 Å². The molecule has 0 radical (unpaired) electrons. The molecule has 0 saturated carbocycles. The highest BCUT2D eigenvalue weighted by atomic mass is 35.5. The van der Waals surface area contributed by atoms with Crippen LogP contribution in [0.5, 0.6) is 0 Å². The molecular weight excluding hydrogens is 294 g/mol. The molecule has 0 saturated heterocycles. The van der Waals surface area contributed by atoms with Gasteiger partial charge in [-0.2, -0.15) is 5.10 Å². The van der Waals surface area contributed by atoms with Crippen LogP contribution in [0.15, 0.2) is 24.3 Å². The topological polar surface area (TPSA) is 78.0 Å². The van der Waals surface area contributed by atoms with Crippen molar-refractivity contribution in [1.82, 2.24) is 9.78 Å². The second-order valence-electron chi connectivity index (χ2n) is 5.02. The maximum Gasteiger partial charge on any atom is 0.294 e. The third-order valence-corrected chi connectivity index (χ3v) is 3.33. The van der Waals surface area contributed by atoms with Gasteiger partial charge in [0.05, 0.1) is 16.2 Å². The number of aldehydes is 1. The van der Waals surface area contributed by atoms with E-state index in [2.05, 4.69) is 5.10 Å². The first kappa shape index (κ1) is 15.2. The molecule has 0 N–H and O–H groups in total. The molecule has 0 fully saturated rings. The predicted octanol–water partition coefficient (Wildman–Crippen LogP) is 3.44. The zero-order valence-corrected chi connectivity index (χ0v) is 12.4. The van der Waals surface area contributed by atoms with Gasteiger partial charge in [-0.1, -0.05) is 37.6 Å². The number of benzene rings is 1. The van der Waals surface area contributed by atoms with Crippen molar-refractivity contribution in [2.75, 3.05) is 0 Å². The van der Waals surface area contributed by atoms with Crippen molar-refractivity contribution in [1.29, 1.82) is 0 Å². The Kier molecular flexibility index (Phi) is 4.37. The van der Waals surface area contributed by atoms with E-state index in [1.165, 1.54) is 10.7 Å². The number of halogens is 1. The van der Waals surface area contributed by atoms with E-state index in [1.54, 1.807) is 18.2 Å². The van der Waals surface area contributed by atoms with Crippen molar-refractivity contribution < 1.29 is 9.72 Å². The normalized spacial score (nSPS) is 10.9. The second-order valence-corrected chi connectivity index (χ2v) is 5.38. The van der Waals surface area contributed by atoms with Crippen LogP contribution in [0.25, 0.3) is 5.69 Å². The van der Waals surface area contributed by atoms with Crippen LogP contribution in [0.2, 0.25) is 5.15 Å². The number of hydrogen-bond acceptors (Lipinski definition) is 4. The van der Waals surface area contributed by atoms with Crippen LogP contribution >= 0.6 is 11.6 Å². The summed E-state index contributed by atoms with van der Waals surface area (Å²) in [4.78, 5) is 21.8. The Balaban J connectivity index is 2.63. The first-order chi connectivity index (χ1) is 9.95. The van der Waals surface area contributed by atoms with Crippen LogP contribution in [0, 0.1) is 16.0 Å². The number of nitro benzene ring substituents is 1. The lowest BCUT2D eigenvalue weighted by Gasteiger charge is -2.04. The van der Waals surface area contributed by atoms with Gasteiger partial charge in [0.25, 0.3) is 5.69 Å². The summed E-state index contributed by atoms with van der Waals surface area (Å²) in [5, 5.41) is 15.5. The lowest BCUT2D eigenvalue weighted by atomic mass is 10.1. The standard InChI is InChI=1S/C14H14ClN3O3/c1-9(2)7-11-10(8-19)14(15)17(16-11)12-5-3-4-6-13(12)18(20)21/h3-6,8-9H,7H2,1-2H3. The van der Waals surface area contributed by atoms with Crippen LogP contribution in [0.4, 0.5) is 5.69 Å². The second kappa shape index (κ2) is 6.05. The fourth-order valence-corrected chi connectivity index (χ4v) is 2.35. The summed E-state index contributed by atoms with van der Waals surface area (Å²) in [6.07, 6.45) is 1.21. The maximum atomic E-state index is 11.2. The van der Waals surface area contributed by atoms with Crippen molar-refractivity contribution in [2.45, 2.75) is 20.3 Å². The number of nitro groups is 1. The molecule has 110 valence electrons. The predicted molar refractivity (Wildman–Crippen MR) is 79.2 cm³/mol. The minimum Gasteiger partial charge on any atom is -0.298 e. The first-order valence-corrected chi connectivity index (χ1v) is 6.79. The molecule has 0 spiro atoms. The average Bonchev–Trinajstić information content (AvgIpc) is 2.74. The lowest BCUT2D eigenvalue weighted by Crippen LogP contribution is -2.03. The fraction of sp³-hybridized carbons (Fsp3) is 0.286. The van der Waals surface area contributed by atoms with Crippen molar-refractivity contribution >= 4 is 23.6 Å². The minimum atomic E-state index is -0.504. The number of aromatic nitrogens is 2. The summed E-state index contributed by atoms with van der Waals surface area (Å²) < 4.78 is 1.25. The van der Waals surface area contributed by atoms with E-state index in [0.717, 1.165) is 0 Å². The first-order valence-electron chi connectivity index (χ1n) is 6.42. The Hall–Kier alpha value is -2.21. The zero-order chi connectivity index (χ0) is 15.6. The molecule has 7 heteroatoms. The summed E-state index contributed by atoms with van der Waals surface area (Å²) >= 11 is 6.17. The summed E-state index contributed by atoms with van der Waals surface area (Å²) in [5.74, 6) is 0.286. The number of nitrogens with zero attached hydrogens (tertiary/aromatic N) is 3. The van der Waals surface area contributed by atoms with Crippen molar-refractivity contribution in [3.8, 4) is 5.69 Å². The molecule has 1 heterocycles. The number of para-hydroxylation sites is 2. The van der Waals surface area contributed by atoms with Gasteiger partial charge in [0.2, 0.25) is 0 Å². The van der Waals surface area contributed by atoms with Crippen LogP contribution in [-0.2, 0) is 6.42 Å². The third kappa shape index (κ3) is 2.95. The molecule has 21 heavy (non-hydrogen) atoms. The van der Waals surface area contributed by atoms with Gasteiger partial charge in [-0.15, -0.1) is 0 Å². The molecule has 0 aliphatic heterocycles. The fourth-order valence-electron chi connectivity index (χ4n) is 2.06. The Bertz CT molecular complexity index is 695. The van der Waals surface area contributed by atoms with Crippen LogP contribution in [0.3, 0.4) is 0 Å². The van der Waals surface area contributed by atoms with Gasteiger partial charge in [0.15, 0.2) is 6.29 Å². The molecule has 6 nitrogen and oxygen atoms in total. The summed E-state index contributed by atoms with van der Waals surface area (Å²) in [7, 11) is 0. The molecule has 0 bridgehead atoms. The summed E-state index contributed by atoms with van der Waals surface area (Å²) in [5.41, 5.74) is 0.952. The van der Waals surface area contributed by atoms with Gasteiger partial charge >= 0.3 is 0 Å². The van der Waals surface area contributed by atoms with Gasteiger partial charge in [-0.25, -0.2) is 4.68 Å². The summed E-state index contributed by atoms with van der Waals surface area (Å²) in [6, 6.07) is 6.14. The van der Waals surface area contributed by atoms with Gasteiger partial charge in [0.1, 0.15) is 10.8 Å². The molecule has 0 unspecified atom stereocenters. The van der Waals surface area contributed by atoms with Gasteiger partial charge in [-0.3, -0.25) is 14.9 Å². The van der Waals surface area contributed by atoms with E-state index in [9.17, 15) is 14.9 Å². The largest absolute Gasteiger partial charge is 0.298 e. The molecule has 1 aromatic carbocycles. The zero-order valence-electron chi connectivity index (χ0n) is 11.6. The molecule has 0 amide bonds. The van der Waals surface area contributed by atoms with Crippen LogP contribution < -0.4 is 0 Å². The highest BCUT2D eigenvalue weighted by Crippen LogP contribution is 2.29. The Morgan fingerprint density at radius 2 is 2.10 bits per heavy atom. The van der Waals surface area contributed by atoms with Crippen molar-refractivity contribution in [3.63, 3.8) is 0 Å². The van der Waals surface area contributed by atoms with Gasteiger partial charge in [-0.05, 0) is 18.4 Å². The average molecular weight is 308 g/mol. The number of hydrogen-bond donors (Lipinski definition) is 0. The van der Waals surface area contributed by atoms with E-state index in [0.29, 0.717) is 18.4 Å². The van der Waals surface area contributed by atoms with Crippen molar-refractivity contribution in [2.24, 2.45) is 5.92 Å². The maximum absolute atomic E-state index is 11.2. The van der Waals surface area contributed by atoms with E-state index in [1.807, 2.05) is 13.8 Å². The SMILES string of the molecule is CC(C)Cc1nn(-c2ccccc2[N+](=O)[O-])c(Cl)c1C=O. The molecule has 0 aliphatic rings. The molecular formula is C14H14ClN3O3. The van der Waals surface area contributed by atoms with Crippen LogP contribution in [0.1, 0.15) is 29.9 Å². The smallest absolute Gasteiger partial charge is 0.294 e. The highest BCUT2D eigenvalue weighted by Gasteiger charge is 2.22. The Morgan fingerprint density at radius 3 is 2.67 bits per heavy atom. The number of carbonyl (C=O) groups excluding carboxylic acids is 1. The van der Waals surface area contributed by atoms with E-state index >= 15 is 0 Å². The minimum absolute atomic E-state index is 0.0925. The monoisotopic (exact) mass is 307 g/mol. The van der Waals surface area contributed by atoms with Gasteiger partial charge in [0, 0.05) is 6.07 Å². The Morgan fingerprint density at radius 1 is 1.43 bits per heavy atom. The summed E-state index contributed by atoms with van der Waals surface area (Å²) in [6.45, 7) is 3.99. The molecule has 0 atom stereocenters. The molecule has 2 aromatic rings. The van der Waals surface area contributed by atoms with Crippen LogP contribution in [-0.4, -0.2) is 21.0 Å². The number of carbonyl (C=O) groups is 1. The molecule has 2 rings (SSSR count). The van der Waals surface area contributed by atoms with E-state index < -0.39 is 4.92 Å². The molecule has 1 aromatic heterocycles. The quantitative estimate of drug-likeness (QED) is 0.481. The van der Waals surface area contributed by atoms with Crippen molar-refractivity contribution in [3.05, 3.63) is 50.8 Å². The third-order valence-electron chi connectivity index (χ3n) is 2.97. The highest BCUT2D eigenvalue weighted by molar-refractivity contribution is 6.32. The Labute approximate surface area is 126 Å². The van der Waals surface area contributed by atoms with Gasteiger partial charge < -0.3 is 0 Å². The number of rotatable bonds is 5. The van der Waals surface area contributed by atoms with E-state index in [4.69, 9.17) is 11.6 Å².